The average molecular weight is 358 g/mol. The smallest absolute Gasteiger partial charge is 0.269 e. The fourth-order valence-corrected chi connectivity index (χ4v) is 2.45. The van der Waals surface area contributed by atoms with Crippen molar-refractivity contribution in [2.45, 2.75) is 46.6 Å². The summed E-state index contributed by atoms with van der Waals surface area (Å²) < 4.78 is 7.19. The lowest BCUT2D eigenvalue weighted by Crippen LogP contribution is -2.43. The van der Waals surface area contributed by atoms with Crippen molar-refractivity contribution in [2.24, 2.45) is 0 Å². The maximum atomic E-state index is 12.1. The summed E-state index contributed by atoms with van der Waals surface area (Å²) in [6.07, 6.45) is 3.30. The topological polar surface area (TPSA) is 85.3 Å². The molecule has 140 valence electrons. The molecule has 7 heteroatoms. The number of benzene rings is 1. The molecule has 0 aliphatic carbocycles. The average Bonchev–Trinajstić information content (AvgIpc) is 2.94. The lowest BCUT2D eigenvalue weighted by molar-refractivity contribution is -0.122. The minimum Gasteiger partial charge on any atom is -0.494 e. The summed E-state index contributed by atoms with van der Waals surface area (Å²) in [4.78, 5) is 24.0. The first-order valence-corrected chi connectivity index (χ1v) is 8.82. The number of aromatic nitrogens is 2. The molecule has 7 nitrogen and oxygen atoms in total. The number of rotatable bonds is 8. The normalized spacial score (nSPS) is 10.4. The van der Waals surface area contributed by atoms with Gasteiger partial charge in [0.2, 0.25) is 0 Å². The van der Waals surface area contributed by atoms with Gasteiger partial charge in [-0.3, -0.25) is 25.1 Å². The lowest BCUT2D eigenvalue weighted by Gasteiger charge is -2.09. The van der Waals surface area contributed by atoms with Crippen LogP contribution >= 0.6 is 0 Å². The van der Waals surface area contributed by atoms with Gasteiger partial charge in [0.05, 0.1) is 12.3 Å². The molecule has 26 heavy (non-hydrogen) atoms. The Morgan fingerprint density at radius 2 is 1.85 bits per heavy atom. The van der Waals surface area contributed by atoms with E-state index in [4.69, 9.17) is 4.74 Å². The van der Waals surface area contributed by atoms with Crippen LogP contribution in [0.5, 0.6) is 5.75 Å². The largest absolute Gasteiger partial charge is 0.494 e. The zero-order chi connectivity index (χ0) is 18.9. The number of ether oxygens (including phenoxy) is 1. The maximum absolute atomic E-state index is 12.1. The Balaban J connectivity index is 1.78. The van der Waals surface area contributed by atoms with Crippen LogP contribution in [-0.4, -0.2) is 28.2 Å². The van der Waals surface area contributed by atoms with Crippen molar-refractivity contribution >= 4 is 11.8 Å². The summed E-state index contributed by atoms with van der Waals surface area (Å²) in [6, 6.07) is 8.71. The van der Waals surface area contributed by atoms with Gasteiger partial charge in [-0.1, -0.05) is 19.8 Å². The van der Waals surface area contributed by atoms with E-state index in [0.717, 1.165) is 36.4 Å². The molecule has 1 aromatic heterocycles. The summed E-state index contributed by atoms with van der Waals surface area (Å²) in [5, 5.41) is 4.21. The van der Waals surface area contributed by atoms with Crippen LogP contribution in [0, 0.1) is 13.8 Å². The van der Waals surface area contributed by atoms with Gasteiger partial charge in [0.15, 0.2) is 0 Å². The molecule has 0 unspecified atom stereocenters. The molecular weight excluding hydrogens is 332 g/mol. The molecule has 0 radical (unpaired) electrons. The Hall–Kier alpha value is -2.83. The minimum atomic E-state index is -0.385. The highest BCUT2D eigenvalue weighted by molar-refractivity contribution is 5.95. The van der Waals surface area contributed by atoms with Crippen LogP contribution in [0.4, 0.5) is 0 Å². The number of hydrogen-bond donors (Lipinski definition) is 2. The van der Waals surface area contributed by atoms with Gasteiger partial charge in [-0.05, 0) is 50.6 Å². The van der Waals surface area contributed by atoms with Gasteiger partial charge < -0.3 is 4.74 Å². The lowest BCUT2D eigenvalue weighted by atomic mass is 10.2. The van der Waals surface area contributed by atoms with E-state index in [1.807, 2.05) is 19.9 Å². The zero-order valence-corrected chi connectivity index (χ0v) is 15.5. The molecule has 0 saturated heterocycles. The Bertz CT molecular complexity index is 738. The van der Waals surface area contributed by atoms with Crippen molar-refractivity contribution in [3.63, 3.8) is 0 Å². The fourth-order valence-electron chi connectivity index (χ4n) is 2.45. The summed E-state index contributed by atoms with van der Waals surface area (Å²) in [5.74, 6) is -0.00380. The van der Waals surface area contributed by atoms with E-state index >= 15 is 0 Å². The quantitative estimate of drug-likeness (QED) is 0.561. The Labute approximate surface area is 153 Å². The van der Waals surface area contributed by atoms with Crippen LogP contribution in [0.2, 0.25) is 0 Å². The van der Waals surface area contributed by atoms with E-state index < -0.39 is 0 Å². The van der Waals surface area contributed by atoms with E-state index in [-0.39, 0.29) is 18.4 Å². The Morgan fingerprint density at radius 1 is 1.12 bits per heavy atom. The number of amides is 2. The van der Waals surface area contributed by atoms with Crippen molar-refractivity contribution in [3.8, 4) is 5.75 Å². The van der Waals surface area contributed by atoms with Gasteiger partial charge >= 0.3 is 0 Å². The van der Waals surface area contributed by atoms with Crippen LogP contribution in [0.1, 0.15) is 47.9 Å². The number of unbranched alkanes of at least 4 members (excludes halogenated alkanes) is 2. The molecule has 1 aromatic carbocycles. The van der Waals surface area contributed by atoms with Crippen molar-refractivity contribution in [1.82, 2.24) is 20.6 Å². The van der Waals surface area contributed by atoms with E-state index in [0.29, 0.717) is 12.2 Å². The van der Waals surface area contributed by atoms with Crippen molar-refractivity contribution < 1.29 is 14.3 Å². The highest BCUT2D eigenvalue weighted by Gasteiger charge is 2.10. The summed E-state index contributed by atoms with van der Waals surface area (Å²) in [6.45, 7) is 6.59. The first-order chi connectivity index (χ1) is 12.5. The molecule has 2 rings (SSSR count). The first-order valence-electron chi connectivity index (χ1n) is 8.82. The van der Waals surface area contributed by atoms with E-state index in [9.17, 15) is 9.59 Å². The van der Waals surface area contributed by atoms with E-state index in [1.54, 1.807) is 28.9 Å². The molecule has 0 aliphatic rings. The third-order valence-electron chi connectivity index (χ3n) is 3.85. The molecule has 2 aromatic rings. The first kappa shape index (κ1) is 19.5. The minimum absolute atomic E-state index is 0.0461. The number of carbonyl (C=O) groups excluding carboxylic acids is 2. The molecule has 1 heterocycles. The number of nitrogens with zero attached hydrogens (tertiary/aromatic N) is 2. The second-order valence-electron chi connectivity index (χ2n) is 6.17. The third-order valence-corrected chi connectivity index (χ3v) is 3.85. The summed E-state index contributed by atoms with van der Waals surface area (Å²) in [5.41, 5.74) is 6.98. The highest BCUT2D eigenvalue weighted by Crippen LogP contribution is 2.12. The summed E-state index contributed by atoms with van der Waals surface area (Å²) in [7, 11) is 0. The van der Waals surface area contributed by atoms with Gasteiger partial charge in [-0.2, -0.15) is 5.10 Å². The molecule has 2 N–H and O–H groups in total. The third kappa shape index (κ3) is 5.91. The molecule has 0 spiro atoms. The number of carbonyl (C=O) groups is 2. The van der Waals surface area contributed by atoms with Crippen LogP contribution in [0.15, 0.2) is 30.3 Å². The zero-order valence-electron chi connectivity index (χ0n) is 15.5. The van der Waals surface area contributed by atoms with E-state index in [2.05, 4.69) is 22.9 Å². The van der Waals surface area contributed by atoms with E-state index in [1.165, 1.54) is 0 Å². The Morgan fingerprint density at radius 3 is 2.46 bits per heavy atom. The highest BCUT2D eigenvalue weighted by atomic mass is 16.5. The Kier molecular flexibility index (Phi) is 7.20. The predicted octanol–water partition coefficient (Wildman–Crippen LogP) is 2.53. The molecule has 0 fully saturated rings. The SMILES string of the molecule is CCCCCOc1ccc(C(=O)NNC(=O)Cn2nc(C)cc2C)cc1. The van der Waals surface area contributed by atoms with Gasteiger partial charge in [-0.15, -0.1) is 0 Å². The number of nitrogens with one attached hydrogen (secondary N) is 2. The van der Waals surface area contributed by atoms with Crippen LogP contribution < -0.4 is 15.6 Å². The second-order valence-corrected chi connectivity index (χ2v) is 6.17. The van der Waals surface area contributed by atoms with Gasteiger partial charge in [-0.25, -0.2) is 0 Å². The van der Waals surface area contributed by atoms with Gasteiger partial charge in [0, 0.05) is 11.3 Å². The monoisotopic (exact) mass is 358 g/mol. The number of hydrogen-bond acceptors (Lipinski definition) is 4. The predicted molar refractivity (Wildman–Crippen MR) is 98.8 cm³/mol. The van der Waals surface area contributed by atoms with Crippen molar-refractivity contribution in [1.29, 1.82) is 0 Å². The van der Waals surface area contributed by atoms with Gasteiger partial charge in [0.1, 0.15) is 12.3 Å². The van der Waals surface area contributed by atoms with Crippen LogP contribution in [0.3, 0.4) is 0 Å². The number of aryl methyl sites for hydroxylation is 2. The molecule has 0 aliphatic heterocycles. The molecule has 0 atom stereocenters. The molecule has 0 bridgehead atoms. The molecular formula is C19H26N4O3. The standard InChI is InChI=1S/C19H26N4O3/c1-4-5-6-11-26-17-9-7-16(8-10-17)19(25)21-20-18(24)13-23-15(3)12-14(2)22-23/h7-10,12H,4-6,11,13H2,1-3H3,(H,20,24)(H,21,25). The van der Waals surface area contributed by atoms with Crippen LogP contribution in [0.25, 0.3) is 0 Å². The molecule has 2 amide bonds. The fraction of sp³-hybridized carbons (Fsp3) is 0.421. The van der Waals surface area contributed by atoms with Crippen molar-refractivity contribution in [2.75, 3.05) is 6.61 Å². The number of hydrazine groups is 1. The summed E-state index contributed by atoms with van der Waals surface area (Å²) >= 11 is 0. The second kappa shape index (κ2) is 9.60. The van der Waals surface area contributed by atoms with Gasteiger partial charge in [0.25, 0.3) is 11.8 Å². The van der Waals surface area contributed by atoms with Crippen LogP contribution in [-0.2, 0) is 11.3 Å². The molecule has 0 saturated carbocycles. The maximum Gasteiger partial charge on any atom is 0.269 e. The van der Waals surface area contributed by atoms with Crippen molar-refractivity contribution in [3.05, 3.63) is 47.3 Å².